The lowest BCUT2D eigenvalue weighted by Gasteiger charge is -2.18. The summed E-state index contributed by atoms with van der Waals surface area (Å²) in [6, 6.07) is 5.66. The molecule has 17 heavy (non-hydrogen) atoms. The van der Waals surface area contributed by atoms with Gasteiger partial charge in [0, 0.05) is 6.04 Å². The molecule has 3 unspecified atom stereocenters. The van der Waals surface area contributed by atoms with Crippen LogP contribution in [0.1, 0.15) is 30.5 Å². The first-order valence-electron chi connectivity index (χ1n) is 5.78. The molecular formula is C13H16F3N. The van der Waals surface area contributed by atoms with Crippen molar-refractivity contribution in [1.29, 1.82) is 0 Å². The number of rotatable bonds is 3. The summed E-state index contributed by atoms with van der Waals surface area (Å²) in [5, 5.41) is 3.12. The van der Waals surface area contributed by atoms with E-state index in [1.807, 2.05) is 0 Å². The van der Waals surface area contributed by atoms with Crippen LogP contribution in [0.25, 0.3) is 0 Å². The maximum absolute atomic E-state index is 12.6. The van der Waals surface area contributed by atoms with Crippen LogP contribution in [0.4, 0.5) is 13.2 Å². The van der Waals surface area contributed by atoms with E-state index in [4.69, 9.17) is 0 Å². The Morgan fingerprint density at radius 2 is 2.00 bits per heavy atom. The van der Waals surface area contributed by atoms with E-state index in [9.17, 15) is 13.2 Å². The minimum atomic E-state index is -4.26. The Morgan fingerprint density at radius 3 is 2.47 bits per heavy atom. The van der Waals surface area contributed by atoms with Crippen molar-refractivity contribution in [1.82, 2.24) is 5.32 Å². The van der Waals surface area contributed by atoms with Crippen LogP contribution < -0.4 is 5.32 Å². The van der Waals surface area contributed by atoms with Crippen molar-refractivity contribution in [2.45, 2.75) is 25.6 Å². The van der Waals surface area contributed by atoms with E-state index in [0.717, 1.165) is 18.1 Å². The molecule has 1 N–H and O–H groups in total. The van der Waals surface area contributed by atoms with Crippen LogP contribution in [0.3, 0.4) is 0 Å². The van der Waals surface area contributed by atoms with Crippen molar-refractivity contribution in [2.75, 3.05) is 7.05 Å². The largest absolute Gasteiger partial charge is 0.416 e. The first-order valence-corrected chi connectivity index (χ1v) is 5.78. The van der Waals surface area contributed by atoms with Crippen LogP contribution in [0.2, 0.25) is 0 Å². The third-order valence-electron chi connectivity index (χ3n) is 3.48. The monoisotopic (exact) mass is 243 g/mol. The molecule has 1 nitrogen and oxygen atoms in total. The Balaban J connectivity index is 2.26. The van der Waals surface area contributed by atoms with Crippen molar-refractivity contribution in [3.63, 3.8) is 0 Å². The zero-order valence-electron chi connectivity index (χ0n) is 9.88. The van der Waals surface area contributed by atoms with Crippen molar-refractivity contribution in [3.8, 4) is 0 Å². The normalized spacial score (nSPS) is 25.7. The summed E-state index contributed by atoms with van der Waals surface area (Å²) >= 11 is 0. The molecule has 0 aromatic heterocycles. The van der Waals surface area contributed by atoms with E-state index in [-0.39, 0.29) is 6.04 Å². The minimum absolute atomic E-state index is 0.0345. The summed E-state index contributed by atoms with van der Waals surface area (Å²) in [6.45, 7) is 2.13. The molecule has 1 aromatic rings. The lowest BCUT2D eigenvalue weighted by atomic mass is 9.99. The van der Waals surface area contributed by atoms with Gasteiger partial charge in [-0.15, -0.1) is 0 Å². The van der Waals surface area contributed by atoms with Gasteiger partial charge in [0.25, 0.3) is 0 Å². The SMILES string of the molecule is CNC(c1cccc(C(F)(F)F)c1)C1CC1C. The first kappa shape index (κ1) is 12.4. The van der Waals surface area contributed by atoms with E-state index in [1.54, 1.807) is 13.1 Å². The molecule has 0 amide bonds. The number of hydrogen-bond donors (Lipinski definition) is 1. The molecule has 94 valence electrons. The number of benzene rings is 1. The lowest BCUT2D eigenvalue weighted by molar-refractivity contribution is -0.137. The second kappa shape index (κ2) is 4.33. The molecule has 4 heteroatoms. The highest BCUT2D eigenvalue weighted by atomic mass is 19.4. The minimum Gasteiger partial charge on any atom is -0.313 e. The zero-order valence-corrected chi connectivity index (χ0v) is 9.88. The molecule has 3 atom stereocenters. The molecule has 0 bridgehead atoms. The van der Waals surface area contributed by atoms with Crippen LogP contribution in [-0.2, 0) is 6.18 Å². The van der Waals surface area contributed by atoms with Crippen molar-refractivity contribution >= 4 is 0 Å². The fraction of sp³-hybridized carbons (Fsp3) is 0.538. The molecule has 0 heterocycles. The third-order valence-corrected chi connectivity index (χ3v) is 3.48. The summed E-state index contributed by atoms with van der Waals surface area (Å²) in [4.78, 5) is 0. The summed E-state index contributed by atoms with van der Waals surface area (Å²) < 4.78 is 37.8. The highest BCUT2D eigenvalue weighted by Gasteiger charge is 2.40. The van der Waals surface area contributed by atoms with Gasteiger partial charge in [0.05, 0.1) is 5.56 Å². The van der Waals surface area contributed by atoms with Gasteiger partial charge in [-0.05, 0) is 43.0 Å². The standard InChI is InChI=1S/C13H16F3N/c1-8-6-11(8)12(17-2)9-4-3-5-10(7-9)13(14,15)16/h3-5,7-8,11-12,17H,6H2,1-2H3. The zero-order chi connectivity index (χ0) is 12.6. The van der Waals surface area contributed by atoms with Gasteiger partial charge in [0.2, 0.25) is 0 Å². The Labute approximate surface area is 99.0 Å². The number of alkyl halides is 3. The van der Waals surface area contributed by atoms with Gasteiger partial charge in [0.15, 0.2) is 0 Å². The molecule has 0 radical (unpaired) electrons. The van der Waals surface area contributed by atoms with Crippen LogP contribution in [0.5, 0.6) is 0 Å². The molecule has 1 aliphatic rings. The Morgan fingerprint density at radius 1 is 1.35 bits per heavy atom. The number of halogens is 3. The summed E-state index contributed by atoms with van der Waals surface area (Å²) in [5.41, 5.74) is 0.167. The van der Waals surface area contributed by atoms with Crippen molar-refractivity contribution < 1.29 is 13.2 Å². The van der Waals surface area contributed by atoms with Gasteiger partial charge >= 0.3 is 6.18 Å². The van der Waals surface area contributed by atoms with Crippen molar-refractivity contribution in [3.05, 3.63) is 35.4 Å². The van der Waals surface area contributed by atoms with Crippen LogP contribution in [0, 0.1) is 11.8 Å². The van der Waals surface area contributed by atoms with Gasteiger partial charge in [-0.1, -0.05) is 19.1 Å². The predicted octanol–water partition coefficient (Wildman–Crippen LogP) is 3.62. The molecule has 0 saturated heterocycles. The lowest BCUT2D eigenvalue weighted by Crippen LogP contribution is -2.19. The molecular weight excluding hydrogens is 227 g/mol. The summed E-state index contributed by atoms with van der Waals surface area (Å²) in [5.74, 6) is 1.06. The highest BCUT2D eigenvalue weighted by molar-refractivity contribution is 5.29. The average molecular weight is 243 g/mol. The fourth-order valence-electron chi connectivity index (χ4n) is 2.35. The van der Waals surface area contributed by atoms with Crippen LogP contribution in [-0.4, -0.2) is 7.05 Å². The number of hydrogen-bond acceptors (Lipinski definition) is 1. The van der Waals surface area contributed by atoms with Crippen LogP contribution in [0.15, 0.2) is 24.3 Å². The maximum atomic E-state index is 12.6. The highest BCUT2D eigenvalue weighted by Crippen LogP contribution is 2.47. The van der Waals surface area contributed by atoms with E-state index in [1.165, 1.54) is 12.1 Å². The second-order valence-electron chi connectivity index (χ2n) is 4.77. The van der Waals surface area contributed by atoms with E-state index < -0.39 is 11.7 Å². The molecule has 1 saturated carbocycles. The van der Waals surface area contributed by atoms with Gasteiger partial charge < -0.3 is 5.32 Å². The number of nitrogens with one attached hydrogen (secondary N) is 1. The van der Waals surface area contributed by atoms with Crippen molar-refractivity contribution in [2.24, 2.45) is 11.8 Å². The summed E-state index contributed by atoms with van der Waals surface area (Å²) in [7, 11) is 1.80. The van der Waals surface area contributed by atoms with Gasteiger partial charge in [-0.25, -0.2) is 0 Å². The van der Waals surface area contributed by atoms with Crippen LogP contribution >= 0.6 is 0 Å². The molecule has 1 aromatic carbocycles. The Hall–Kier alpha value is -1.03. The third kappa shape index (κ3) is 2.63. The first-order chi connectivity index (χ1) is 7.93. The molecule has 1 fully saturated rings. The molecule has 1 aliphatic carbocycles. The Bertz CT molecular complexity index is 400. The van der Waals surface area contributed by atoms with E-state index in [0.29, 0.717) is 11.8 Å². The fourth-order valence-corrected chi connectivity index (χ4v) is 2.35. The van der Waals surface area contributed by atoms with Gasteiger partial charge in [0.1, 0.15) is 0 Å². The predicted molar refractivity (Wildman–Crippen MR) is 60.5 cm³/mol. The second-order valence-corrected chi connectivity index (χ2v) is 4.77. The molecule has 0 aliphatic heterocycles. The Kier molecular flexibility index (Phi) is 3.17. The average Bonchev–Trinajstić information content (AvgIpc) is 2.96. The van der Waals surface area contributed by atoms with E-state index in [2.05, 4.69) is 12.2 Å². The smallest absolute Gasteiger partial charge is 0.313 e. The molecule has 0 spiro atoms. The topological polar surface area (TPSA) is 12.0 Å². The van der Waals surface area contributed by atoms with Gasteiger partial charge in [-0.2, -0.15) is 13.2 Å². The van der Waals surface area contributed by atoms with E-state index >= 15 is 0 Å². The van der Waals surface area contributed by atoms with Gasteiger partial charge in [-0.3, -0.25) is 0 Å². The quantitative estimate of drug-likeness (QED) is 0.855. The summed E-state index contributed by atoms with van der Waals surface area (Å²) in [6.07, 6.45) is -3.18. The maximum Gasteiger partial charge on any atom is 0.416 e. The molecule has 2 rings (SSSR count).